The summed E-state index contributed by atoms with van der Waals surface area (Å²) in [6.07, 6.45) is 4.54. The summed E-state index contributed by atoms with van der Waals surface area (Å²) in [5, 5.41) is 8.80. The van der Waals surface area contributed by atoms with Crippen LogP contribution in [-0.2, 0) is 0 Å². The molecule has 0 aromatic carbocycles. The molecule has 64 valence electrons. The van der Waals surface area contributed by atoms with Crippen molar-refractivity contribution in [2.24, 2.45) is 5.41 Å². The van der Waals surface area contributed by atoms with E-state index in [9.17, 15) is 4.79 Å². The number of hydrogen-bond acceptors (Lipinski definition) is 3. The van der Waals surface area contributed by atoms with Gasteiger partial charge >= 0.3 is 0 Å². The molecule has 1 aliphatic carbocycles. The fourth-order valence-corrected chi connectivity index (χ4v) is 1.29. The second-order valence-corrected chi connectivity index (χ2v) is 3.26. The lowest BCUT2D eigenvalue weighted by molar-refractivity contribution is 0.0934. The number of hydrogen-bond donors (Lipinski definition) is 0. The quantitative estimate of drug-likeness (QED) is 0.636. The zero-order valence-corrected chi connectivity index (χ0v) is 7.03. The van der Waals surface area contributed by atoms with Crippen LogP contribution in [0.4, 0.5) is 0 Å². The lowest BCUT2D eigenvalue weighted by atomic mass is 9.97. The predicted octanol–water partition coefficient (Wildman–Crippen LogP) is 1.57. The molecule has 3 nitrogen and oxygen atoms in total. The van der Waals surface area contributed by atoms with Crippen molar-refractivity contribution in [3.8, 4) is 6.07 Å². The van der Waals surface area contributed by atoms with Crippen molar-refractivity contribution in [1.82, 2.24) is 4.98 Å². The van der Waals surface area contributed by atoms with Gasteiger partial charge in [-0.3, -0.25) is 9.78 Å². The standard InChI is InChI=1S/C10H8N2O/c11-7-10(3-4-10)9(13)8-1-5-12-6-2-8/h1-2,5-6H,3-4H2. The van der Waals surface area contributed by atoms with Gasteiger partial charge in [-0.2, -0.15) is 5.26 Å². The van der Waals surface area contributed by atoms with E-state index in [2.05, 4.69) is 11.1 Å². The Labute approximate surface area is 76.0 Å². The molecule has 3 heteroatoms. The normalized spacial score (nSPS) is 17.5. The topological polar surface area (TPSA) is 53.8 Å². The number of ketones is 1. The monoisotopic (exact) mass is 172 g/mol. The van der Waals surface area contributed by atoms with E-state index >= 15 is 0 Å². The van der Waals surface area contributed by atoms with E-state index < -0.39 is 5.41 Å². The highest BCUT2D eigenvalue weighted by atomic mass is 16.1. The fraction of sp³-hybridized carbons (Fsp3) is 0.300. The molecule has 2 rings (SSSR count). The maximum atomic E-state index is 11.7. The molecule has 1 aliphatic rings. The summed E-state index contributed by atoms with van der Waals surface area (Å²) in [6.45, 7) is 0. The van der Waals surface area contributed by atoms with Gasteiger partial charge in [-0.15, -0.1) is 0 Å². The van der Waals surface area contributed by atoms with Gasteiger partial charge in [-0.25, -0.2) is 0 Å². The molecule has 0 saturated heterocycles. The third kappa shape index (κ3) is 1.20. The van der Waals surface area contributed by atoms with E-state index in [4.69, 9.17) is 5.26 Å². The first-order chi connectivity index (χ1) is 6.28. The summed E-state index contributed by atoms with van der Waals surface area (Å²) >= 11 is 0. The van der Waals surface area contributed by atoms with Crippen molar-refractivity contribution in [3.63, 3.8) is 0 Å². The van der Waals surface area contributed by atoms with Crippen LogP contribution < -0.4 is 0 Å². The largest absolute Gasteiger partial charge is 0.292 e. The molecule has 0 radical (unpaired) electrons. The van der Waals surface area contributed by atoms with Gasteiger partial charge in [0.25, 0.3) is 0 Å². The van der Waals surface area contributed by atoms with Crippen LogP contribution in [0, 0.1) is 16.7 Å². The number of carbonyl (C=O) groups excluding carboxylic acids is 1. The Morgan fingerprint density at radius 3 is 2.54 bits per heavy atom. The zero-order chi connectivity index (χ0) is 9.31. The molecular weight excluding hydrogens is 164 g/mol. The summed E-state index contributed by atoms with van der Waals surface area (Å²) < 4.78 is 0. The maximum absolute atomic E-state index is 11.7. The van der Waals surface area contributed by atoms with Crippen LogP contribution in [-0.4, -0.2) is 10.8 Å². The average Bonchev–Trinajstić information content (AvgIpc) is 2.99. The smallest absolute Gasteiger partial charge is 0.183 e. The van der Waals surface area contributed by atoms with E-state index in [0.717, 1.165) is 0 Å². The van der Waals surface area contributed by atoms with Crippen molar-refractivity contribution >= 4 is 5.78 Å². The van der Waals surface area contributed by atoms with Crippen LogP contribution in [0.5, 0.6) is 0 Å². The first-order valence-corrected chi connectivity index (χ1v) is 4.15. The number of rotatable bonds is 2. The summed E-state index contributed by atoms with van der Waals surface area (Å²) in [5.41, 5.74) is -0.115. The number of nitrogens with zero attached hydrogens (tertiary/aromatic N) is 2. The summed E-state index contributed by atoms with van der Waals surface area (Å²) in [7, 11) is 0. The number of carbonyl (C=O) groups is 1. The molecule has 1 saturated carbocycles. The van der Waals surface area contributed by atoms with Crippen molar-refractivity contribution in [3.05, 3.63) is 30.1 Å². The minimum atomic E-state index is -0.707. The van der Waals surface area contributed by atoms with Gasteiger partial charge in [0, 0.05) is 18.0 Å². The van der Waals surface area contributed by atoms with E-state index in [0.29, 0.717) is 18.4 Å². The Morgan fingerprint density at radius 1 is 1.46 bits per heavy atom. The minimum absolute atomic E-state index is 0.0580. The number of pyridine rings is 1. The van der Waals surface area contributed by atoms with Gasteiger partial charge in [0.05, 0.1) is 6.07 Å². The van der Waals surface area contributed by atoms with Crippen molar-refractivity contribution in [2.45, 2.75) is 12.8 Å². The third-order valence-corrected chi connectivity index (χ3v) is 2.34. The highest BCUT2D eigenvalue weighted by Crippen LogP contribution is 2.47. The predicted molar refractivity (Wildman–Crippen MR) is 45.8 cm³/mol. The third-order valence-electron chi connectivity index (χ3n) is 2.34. The number of Topliss-reactive ketones (excluding diaryl/α,β-unsaturated/α-hetero) is 1. The molecule has 0 bridgehead atoms. The lowest BCUT2D eigenvalue weighted by Gasteiger charge is -2.02. The molecule has 0 spiro atoms. The molecule has 0 aliphatic heterocycles. The van der Waals surface area contributed by atoms with Crippen LogP contribution in [0.25, 0.3) is 0 Å². The first-order valence-electron chi connectivity index (χ1n) is 4.15. The summed E-state index contributed by atoms with van der Waals surface area (Å²) in [5.74, 6) is -0.0580. The molecule has 1 heterocycles. The zero-order valence-electron chi connectivity index (χ0n) is 7.03. The Hall–Kier alpha value is -1.69. The molecule has 13 heavy (non-hydrogen) atoms. The van der Waals surface area contributed by atoms with E-state index in [-0.39, 0.29) is 5.78 Å². The highest BCUT2D eigenvalue weighted by Gasteiger charge is 2.50. The Kier molecular flexibility index (Phi) is 1.63. The average molecular weight is 172 g/mol. The Bertz CT molecular complexity index is 374. The van der Waals surface area contributed by atoms with Crippen molar-refractivity contribution in [1.29, 1.82) is 5.26 Å². The minimum Gasteiger partial charge on any atom is -0.292 e. The molecule has 1 fully saturated rings. The summed E-state index contributed by atoms with van der Waals surface area (Å²) in [4.78, 5) is 15.5. The Morgan fingerprint density at radius 2 is 2.08 bits per heavy atom. The second kappa shape index (κ2) is 2.67. The first kappa shape index (κ1) is 7.93. The fourth-order valence-electron chi connectivity index (χ4n) is 1.29. The molecule has 0 unspecified atom stereocenters. The van der Waals surface area contributed by atoms with Crippen molar-refractivity contribution in [2.75, 3.05) is 0 Å². The Balaban J connectivity index is 2.30. The van der Waals surface area contributed by atoms with Gasteiger partial charge in [0.2, 0.25) is 0 Å². The lowest BCUT2D eigenvalue weighted by Crippen LogP contribution is -2.13. The molecule has 1 aromatic rings. The van der Waals surface area contributed by atoms with Gasteiger partial charge in [-0.05, 0) is 25.0 Å². The molecule has 0 amide bonds. The SMILES string of the molecule is N#CC1(C(=O)c2ccncc2)CC1. The van der Waals surface area contributed by atoms with Crippen LogP contribution in [0.2, 0.25) is 0 Å². The van der Waals surface area contributed by atoms with Crippen LogP contribution in [0.1, 0.15) is 23.2 Å². The van der Waals surface area contributed by atoms with Gasteiger partial charge in [0.1, 0.15) is 5.41 Å². The van der Waals surface area contributed by atoms with E-state index in [1.54, 1.807) is 24.5 Å². The van der Waals surface area contributed by atoms with Gasteiger partial charge in [-0.1, -0.05) is 0 Å². The maximum Gasteiger partial charge on any atom is 0.183 e. The number of nitriles is 1. The van der Waals surface area contributed by atoms with E-state index in [1.165, 1.54) is 0 Å². The molecular formula is C10H8N2O. The number of aromatic nitrogens is 1. The van der Waals surface area contributed by atoms with Gasteiger partial charge < -0.3 is 0 Å². The van der Waals surface area contributed by atoms with Crippen LogP contribution in [0.15, 0.2) is 24.5 Å². The van der Waals surface area contributed by atoms with E-state index in [1.807, 2.05) is 0 Å². The van der Waals surface area contributed by atoms with Crippen LogP contribution in [0.3, 0.4) is 0 Å². The van der Waals surface area contributed by atoms with Gasteiger partial charge in [0.15, 0.2) is 5.78 Å². The summed E-state index contributed by atoms with van der Waals surface area (Å²) in [6, 6.07) is 5.39. The molecule has 0 atom stereocenters. The highest BCUT2D eigenvalue weighted by molar-refractivity contribution is 6.04. The molecule has 1 aromatic heterocycles. The van der Waals surface area contributed by atoms with Crippen molar-refractivity contribution < 1.29 is 4.79 Å². The van der Waals surface area contributed by atoms with Crippen LogP contribution >= 0.6 is 0 Å². The molecule has 0 N–H and O–H groups in total. The second-order valence-electron chi connectivity index (χ2n) is 3.26.